The monoisotopic (exact) mass is 616 g/mol. The Kier molecular flexibility index (Phi) is 7.08. The summed E-state index contributed by atoms with van der Waals surface area (Å²) in [4.78, 5) is 10.3. The Labute approximate surface area is 282 Å². The zero-order valence-corrected chi connectivity index (χ0v) is 26.9. The van der Waals surface area contributed by atoms with E-state index in [9.17, 15) is 0 Å². The maximum atomic E-state index is 5.17. The van der Waals surface area contributed by atoms with Crippen molar-refractivity contribution in [1.82, 2.24) is 9.97 Å². The van der Waals surface area contributed by atoms with Gasteiger partial charge in [0.2, 0.25) is 0 Å². The molecule has 7 aromatic rings. The number of fused-ring (bicyclic) bond motifs is 5. The highest BCUT2D eigenvalue weighted by Crippen LogP contribution is 2.56. The lowest BCUT2D eigenvalue weighted by Gasteiger charge is -2.36. The molecule has 0 unspecified atom stereocenters. The SMILES string of the molecule is c1ccc(-c2ccc(-c3cc(-c4ccccc4)nc(-c4cccc(-c5ccc6c(c5)-c5ccccc5C65CCCCC5)c4)n3)cc2)cc1. The minimum Gasteiger partial charge on any atom is -0.228 e. The second-order valence-corrected chi connectivity index (χ2v) is 13.3. The van der Waals surface area contributed by atoms with Crippen molar-refractivity contribution in [2.75, 3.05) is 0 Å². The first-order valence-corrected chi connectivity index (χ1v) is 17.2. The van der Waals surface area contributed by atoms with Crippen LogP contribution in [0.2, 0.25) is 0 Å². The van der Waals surface area contributed by atoms with Gasteiger partial charge >= 0.3 is 0 Å². The Morgan fingerprint density at radius 3 is 1.62 bits per heavy atom. The standard InChI is InChI=1S/C46H36N2/c1-4-13-32(14-5-1)33-21-23-35(24-22-33)44-31-43(34-15-6-2-7-16-34)47-45(48-44)38-18-12-17-36(29-38)37-25-26-42-40(30-37)39-19-8-9-20-41(39)46(42)27-10-3-11-28-46/h1-2,4-9,12-26,29-31H,3,10-11,27-28H2. The number of hydrogen-bond acceptors (Lipinski definition) is 2. The maximum absolute atomic E-state index is 5.17. The van der Waals surface area contributed by atoms with Gasteiger partial charge in [0, 0.05) is 22.1 Å². The van der Waals surface area contributed by atoms with Gasteiger partial charge in [0.15, 0.2) is 5.82 Å². The van der Waals surface area contributed by atoms with Crippen LogP contribution in [0.1, 0.15) is 43.2 Å². The van der Waals surface area contributed by atoms with Crippen molar-refractivity contribution >= 4 is 0 Å². The van der Waals surface area contributed by atoms with Crippen LogP contribution in [-0.4, -0.2) is 9.97 Å². The summed E-state index contributed by atoms with van der Waals surface area (Å²) in [6.07, 6.45) is 6.45. The molecule has 0 bridgehead atoms. The summed E-state index contributed by atoms with van der Waals surface area (Å²) in [7, 11) is 0. The van der Waals surface area contributed by atoms with Gasteiger partial charge in [0.05, 0.1) is 11.4 Å². The van der Waals surface area contributed by atoms with Crippen LogP contribution in [0.3, 0.4) is 0 Å². The Bertz CT molecular complexity index is 2250. The molecule has 9 rings (SSSR count). The third-order valence-corrected chi connectivity index (χ3v) is 10.5. The van der Waals surface area contributed by atoms with E-state index >= 15 is 0 Å². The molecule has 0 saturated heterocycles. The van der Waals surface area contributed by atoms with Crippen molar-refractivity contribution in [1.29, 1.82) is 0 Å². The van der Waals surface area contributed by atoms with Gasteiger partial charge in [-0.15, -0.1) is 0 Å². The minimum absolute atomic E-state index is 0.173. The van der Waals surface area contributed by atoms with Gasteiger partial charge in [-0.25, -0.2) is 9.97 Å². The molecule has 1 aromatic heterocycles. The van der Waals surface area contributed by atoms with Crippen LogP contribution in [0.4, 0.5) is 0 Å². The molecule has 1 heterocycles. The molecule has 230 valence electrons. The van der Waals surface area contributed by atoms with Gasteiger partial charge in [-0.3, -0.25) is 0 Å². The van der Waals surface area contributed by atoms with Gasteiger partial charge in [0.25, 0.3) is 0 Å². The molecule has 0 N–H and O–H groups in total. The molecule has 1 spiro atoms. The van der Waals surface area contributed by atoms with Crippen molar-refractivity contribution in [2.45, 2.75) is 37.5 Å². The summed E-state index contributed by atoms with van der Waals surface area (Å²) < 4.78 is 0. The number of benzene rings is 6. The van der Waals surface area contributed by atoms with Gasteiger partial charge in [0.1, 0.15) is 0 Å². The topological polar surface area (TPSA) is 25.8 Å². The van der Waals surface area contributed by atoms with E-state index < -0.39 is 0 Å². The van der Waals surface area contributed by atoms with Crippen molar-refractivity contribution in [3.8, 4) is 67.3 Å². The first-order valence-electron chi connectivity index (χ1n) is 17.2. The molecule has 48 heavy (non-hydrogen) atoms. The molecule has 1 fully saturated rings. The van der Waals surface area contributed by atoms with Crippen LogP contribution in [0, 0.1) is 0 Å². The van der Waals surface area contributed by atoms with E-state index in [2.05, 4.69) is 152 Å². The maximum Gasteiger partial charge on any atom is 0.160 e. The van der Waals surface area contributed by atoms with Crippen molar-refractivity contribution in [3.05, 3.63) is 169 Å². The lowest BCUT2D eigenvalue weighted by Crippen LogP contribution is -2.27. The van der Waals surface area contributed by atoms with Crippen LogP contribution in [0.5, 0.6) is 0 Å². The lowest BCUT2D eigenvalue weighted by atomic mass is 9.68. The molecule has 1 saturated carbocycles. The van der Waals surface area contributed by atoms with Gasteiger partial charge in [-0.2, -0.15) is 0 Å². The predicted molar refractivity (Wildman–Crippen MR) is 199 cm³/mol. The number of aromatic nitrogens is 2. The Balaban J connectivity index is 1.12. The summed E-state index contributed by atoms with van der Waals surface area (Å²) in [6.45, 7) is 0. The summed E-state index contributed by atoms with van der Waals surface area (Å²) in [5.41, 5.74) is 15.8. The smallest absolute Gasteiger partial charge is 0.160 e. The van der Waals surface area contributed by atoms with E-state index in [0.29, 0.717) is 0 Å². The molecular weight excluding hydrogens is 581 g/mol. The molecule has 2 aliphatic rings. The summed E-state index contributed by atoms with van der Waals surface area (Å²) in [5.74, 6) is 0.730. The number of rotatable bonds is 5. The summed E-state index contributed by atoms with van der Waals surface area (Å²) in [6, 6.07) is 56.8. The molecule has 0 atom stereocenters. The molecule has 0 amide bonds. The number of nitrogens with zero attached hydrogens (tertiary/aromatic N) is 2. The average Bonchev–Trinajstić information content (AvgIpc) is 3.43. The molecule has 0 aliphatic heterocycles. The zero-order chi connectivity index (χ0) is 31.9. The van der Waals surface area contributed by atoms with Crippen molar-refractivity contribution in [3.63, 3.8) is 0 Å². The Morgan fingerprint density at radius 1 is 0.354 bits per heavy atom. The third-order valence-electron chi connectivity index (χ3n) is 10.5. The van der Waals surface area contributed by atoms with E-state index in [0.717, 1.165) is 33.9 Å². The highest BCUT2D eigenvalue weighted by Gasteiger charge is 2.43. The van der Waals surface area contributed by atoms with Gasteiger partial charge < -0.3 is 0 Å². The van der Waals surface area contributed by atoms with Crippen LogP contribution >= 0.6 is 0 Å². The molecule has 2 heteroatoms. The second kappa shape index (κ2) is 11.9. The first kappa shape index (κ1) is 28.6. The lowest BCUT2D eigenvalue weighted by molar-refractivity contribution is 0.353. The zero-order valence-electron chi connectivity index (χ0n) is 26.9. The Hall–Kier alpha value is -5.60. The van der Waals surface area contributed by atoms with E-state index in [1.165, 1.54) is 76.6 Å². The quantitative estimate of drug-likeness (QED) is 0.192. The summed E-state index contributed by atoms with van der Waals surface area (Å²) >= 11 is 0. The van der Waals surface area contributed by atoms with E-state index in [1.807, 2.05) is 6.07 Å². The molecular formula is C46H36N2. The van der Waals surface area contributed by atoms with E-state index in [1.54, 1.807) is 0 Å². The largest absolute Gasteiger partial charge is 0.228 e. The molecule has 0 radical (unpaired) electrons. The first-order chi connectivity index (χ1) is 23.7. The fraction of sp³-hybridized carbons (Fsp3) is 0.130. The third kappa shape index (κ3) is 4.96. The van der Waals surface area contributed by atoms with Gasteiger partial charge in [-0.05, 0) is 75.5 Å². The second-order valence-electron chi connectivity index (χ2n) is 13.3. The highest BCUT2D eigenvalue weighted by atomic mass is 14.9. The van der Waals surface area contributed by atoms with Crippen LogP contribution in [0.25, 0.3) is 67.3 Å². The van der Waals surface area contributed by atoms with E-state index in [4.69, 9.17) is 9.97 Å². The molecule has 2 nitrogen and oxygen atoms in total. The van der Waals surface area contributed by atoms with Crippen LogP contribution in [0.15, 0.2) is 158 Å². The fourth-order valence-corrected chi connectivity index (χ4v) is 8.12. The fourth-order valence-electron chi connectivity index (χ4n) is 8.12. The normalized spacial score (nSPS) is 14.4. The molecule has 2 aliphatic carbocycles. The predicted octanol–water partition coefficient (Wildman–Crippen LogP) is 12.0. The number of hydrogen-bond donors (Lipinski definition) is 0. The van der Waals surface area contributed by atoms with Gasteiger partial charge in [-0.1, -0.05) is 159 Å². The van der Waals surface area contributed by atoms with Crippen LogP contribution < -0.4 is 0 Å². The Morgan fingerprint density at radius 2 is 0.875 bits per heavy atom. The average molecular weight is 617 g/mol. The van der Waals surface area contributed by atoms with E-state index in [-0.39, 0.29) is 5.41 Å². The van der Waals surface area contributed by atoms with Crippen LogP contribution in [-0.2, 0) is 5.41 Å². The minimum atomic E-state index is 0.173. The molecule has 6 aromatic carbocycles. The van der Waals surface area contributed by atoms with Crippen molar-refractivity contribution < 1.29 is 0 Å². The summed E-state index contributed by atoms with van der Waals surface area (Å²) in [5, 5.41) is 0. The highest BCUT2D eigenvalue weighted by molar-refractivity contribution is 5.85. The van der Waals surface area contributed by atoms with Crippen molar-refractivity contribution in [2.24, 2.45) is 0 Å².